The highest BCUT2D eigenvalue weighted by Crippen LogP contribution is 2.39. The standard InChI is InChI=1S/C20H36N4/c1-8-17(5)24-14-20(15-24,10-12-22-9-2)11-13-23(7)19(16(3)4)18(6)21/h8-9,16,19,22H,1-2,5-6,10-15,21H2,3-4,7H3. The van der Waals surface area contributed by atoms with Crippen molar-refractivity contribution in [1.29, 1.82) is 0 Å². The highest BCUT2D eigenvalue weighted by Gasteiger charge is 2.42. The van der Waals surface area contributed by atoms with E-state index in [1.54, 1.807) is 6.20 Å². The van der Waals surface area contributed by atoms with Gasteiger partial charge in [0, 0.05) is 36.4 Å². The predicted molar refractivity (Wildman–Crippen MR) is 105 cm³/mol. The maximum Gasteiger partial charge on any atom is 0.0507 e. The molecule has 24 heavy (non-hydrogen) atoms. The Bertz CT molecular complexity index is 460. The fraction of sp³-hybridized carbons (Fsp3) is 0.600. The van der Waals surface area contributed by atoms with Gasteiger partial charge in [-0.25, -0.2) is 0 Å². The molecule has 0 radical (unpaired) electrons. The van der Waals surface area contributed by atoms with Crippen LogP contribution in [0.15, 0.2) is 50.0 Å². The second-order valence-electron chi connectivity index (χ2n) is 7.45. The molecule has 1 heterocycles. The number of nitrogens with zero attached hydrogens (tertiary/aromatic N) is 2. The van der Waals surface area contributed by atoms with E-state index in [0.29, 0.717) is 11.3 Å². The molecule has 136 valence electrons. The van der Waals surface area contributed by atoms with Crippen LogP contribution in [0.3, 0.4) is 0 Å². The Morgan fingerprint density at radius 1 is 1.29 bits per heavy atom. The fourth-order valence-electron chi connectivity index (χ4n) is 3.75. The fourth-order valence-corrected chi connectivity index (χ4v) is 3.75. The Hall–Kier alpha value is -1.68. The van der Waals surface area contributed by atoms with Crippen LogP contribution in [-0.4, -0.2) is 49.1 Å². The van der Waals surface area contributed by atoms with Crippen molar-refractivity contribution in [3.05, 3.63) is 50.0 Å². The van der Waals surface area contributed by atoms with Gasteiger partial charge in [-0.2, -0.15) is 0 Å². The maximum atomic E-state index is 6.01. The summed E-state index contributed by atoms with van der Waals surface area (Å²) in [6.45, 7) is 24.0. The molecule has 0 aromatic rings. The van der Waals surface area contributed by atoms with E-state index in [2.05, 4.69) is 62.3 Å². The number of hydrogen-bond donors (Lipinski definition) is 2. The van der Waals surface area contributed by atoms with Gasteiger partial charge in [-0.05, 0) is 44.6 Å². The lowest BCUT2D eigenvalue weighted by Gasteiger charge is -2.53. The summed E-state index contributed by atoms with van der Waals surface area (Å²) in [5.74, 6) is 0.462. The lowest BCUT2D eigenvalue weighted by atomic mass is 9.73. The largest absolute Gasteiger partial charge is 0.401 e. The Balaban J connectivity index is 2.66. The van der Waals surface area contributed by atoms with Gasteiger partial charge in [0.15, 0.2) is 0 Å². The van der Waals surface area contributed by atoms with Gasteiger partial charge in [0.05, 0.1) is 6.04 Å². The second kappa shape index (κ2) is 8.97. The number of nitrogens with two attached hydrogens (primary N) is 1. The summed E-state index contributed by atoms with van der Waals surface area (Å²) in [5, 5.41) is 3.23. The molecule has 4 heteroatoms. The zero-order valence-electron chi connectivity index (χ0n) is 15.9. The van der Waals surface area contributed by atoms with Gasteiger partial charge in [0.25, 0.3) is 0 Å². The van der Waals surface area contributed by atoms with Crippen molar-refractivity contribution < 1.29 is 0 Å². The highest BCUT2D eigenvalue weighted by molar-refractivity contribution is 5.16. The van der Waals surface area contributed by atoms with Crippen LogP contribution in [0, 0.1) is 11.3 Å². The quantitative estimate of drug-likeness (QED) is 0.426. The molecule has 1 atom stereocenters. The molecule has 0 aromatic heterocycles. The number of allylic oxidation sites excluding steroid dienone is 1. The molecule has 3 N–H and O–H groups in total. The first kappa shape index (κ1) is 20.4. The van der Waals surface area contributed by atoms with Crippen LogP contribution in [-0.2, 0) is 0 Å². The minimum Gasteiger partial charge on any atom is -0.401 e. The highest BCUT2D eigenvalue weighted by atomic mass is 15.2. The molecule has 1 aliphatic rings. The predicted octanol–water partition coefficient (Wildman–Crippen LogP) is 2.93. The molecular formula is C20H36N4. The molecule has 0 bridgehead atoms. The lowest BCUT2D eigenvalue weighted by molar-refractivity contribution is 0.00730. The summed E-state index contributed by atoms with van der Waals surface area (Å²) in [6.07, 6.45) is 5.88. The number of nitrogens with one attached hydrogen (secondary N) is 1. The monoisotopic (exact) mass is 332 g/mol. The molecule has 0 amide bonds. The van der Waals surface area contributed by atoms with Gasteiger partial charge < -0.3 is 16.0 Å². The average molecular weight is 333 g/mol. The van der Waals surface area contributed by atoms with Gasteiger partial charge in [-0.1, -0.05) is 40.2 Å². The van der Waals surface area contributed by atoms with Gasteiger partial charge >= 0.3 is 0 Å². The topological polar surface area (TPSA) is 44.5 Å². The van der Waals surface area contributed by atoms with E-state index in [1.165, 1.54) is 0 Å². The van der Waals surface area contributed by atoms with Crippen LogP contribution in [0.25, 0.3) is 0 Å². The summed E-state index contributed by atoms with van der Waals surface area (Å²) in [7, 11) is 2.15. The Morgan fingerprint density at radius 3 is 2.38 bits per heavy atom. The van der Waals surface area contributed by atoms with Crippen molar-refractivity contribution in [3.63, 3.8) is 0 Å². The molecule has 1 fully saturated rings. The van der Waals surface area contributed by atoms with Crippen molar-refractivity contribution in [2.45, 2.75) is 32.7 Å². The molecule has 4 nitrogen and oxygen atoms in total. The molecule has 1 unspecified atom stereocenters. The first-order chi connectivity index (χ1) is 11.3. The van der Waals surface area contributed by atoms with Crippen LogP contribution in [0.1, 0.15) is 26.7 Å². The zero-order chi connectivity index (χ0) is 18.3. The van der Waals surface area contributed by atoms with Gasteiger partial charge in [0.1, 0.15) is 0 Å². The zero-order valence-corrected chi connectivity index (χ0v) is 15.9. The second-order valence-corrected chi connectivity index (χ2v) is 7.45. The van der Waals surface area contributed by atoms with E-state index in [9.17, 15) is 0 Å². The van der Waals surface area contributed by atoms with Crippen molar-refractivity contribution in [1.82, 2.24) is 15.1 Å². The number of likely N-dealkylation sites (tertiary alicyclic amines) is 1. The third-order valence-corrected chi connectivity index (χ3v) is 5.12. The number of likely N-dealkylation sites (N-methyl/N-ethyl adjacent to an activating group) is 1. The maximum absolute atomic E-state index is 6.01. The number of hydrogen-bond acceptors (Lipinski definition) is 4. The van der Waals surface area contributed by atoms with Crippen molar-refractivity contribution in [2.24, 2.45) is 17.1 Å². The molecule has 0 spiro atoms. The van der Waals surface area contributed by atoms with E-state index < -0.39 is 0 Å². The van der Waals surface area contributed by atoms with E-state index in [4.69, 9.17) is 5.73 Å². The van der Waals surface area contributed by atoms with Crippen LogP contribution >= 0.6 is 0 Å². The van der Waals surface area contributed by atoms with Gasteiger partial charge in [-0.3, -0.25) is 4.90 Å². The van der Waals surface area contributed by atoms with E-state index in [-0.39, 0.29) is 6.04 Å². The minimum atomic E-state index is 0.229. The van der Waals surface area contributed by atoms with E-state index >= 15 is 0 Å². The smallest absolute Gasteiger partial charge is 0.0507 e. The first-order valence-electron chi connectivity index (χ1n) is 8.81. The summed E-state index contributed by atoms with van der Waals surface area (Å²) in [6, 6.07) is 0.229. The van der Waals surface area contributed by atoms with E-state index in [1.807, 2.05) is 6.08 Å². The third-order valence-electron chi connectivity index (χ3n) is 5.12. The van der Waals surface area contributed by atoms with Crippen LogP contribution in [0.2, 0.25) is 0 Å². The molecule has 0 aromatic carbocycles. The summed E-state index contributed by atoms with van der Waals surface area (Å²) in [5.41, 5.74) is 8.10. The van der Waals surface area contributed by atoms with E-state index in [0.717, 1.165) is 50.4 Å². The average Bonchev–Trinajstić information content (AvgIpc) is 2.47. The molecule has 1 rings (SSSR count). The normalized spacial score (nSPS) is 17.3. The Kier molecular flexibility index (Phi) is 7.61. The first-order valence-corrected chi connectivity index (χ1v) is 8.81. The minimum absolute atomic E-state index is 0.229. The van der Waals surface area contributed by atoms with Crippen molar-refractivity contribution in [3.8, 4) is 0 Å². The van der Waals surface area contributed by atoms with Gasteiger partial charge in [-0.15, -0.1) is 0 Å². The number of rotatable bonds is 12. The van der Waals surface area contributed by atoms with Gasteiger partial charge in [0.2, 0.25) is 0 Å². The lowest BCUT2D eigenvalue weighted by Crippen LogP contribution is -2.57. The van der Waals surface area contributed by atoms with Crippen molar-refractivity contribution >= 4 is 0 Å². The molecule has 0 saturated carbocycles. The molecule has 0 aliphatic carbocycles. The van der Waals surface area contributed by atoms with Crippen LogP contribution < -0.4 is 11.1 Å². The molecule has 1 saturated heterocycles. The molecular weight excluding hydrogens is 296 g/mol. The van der Waals surface area contributed by atoms with Crippen LogP contribution in [0.4, 0.5) is 0 Å². The SMILES string of the molecule is C=CNCCC1(CCN(C)C(C(=C)N)C(C)C)CN(C(=C)C=C)C1. The summed E-state index contributed by atoms with van der Waals surface area (Å²) >= 11 is 0. The Labute approximate surface area is 148 Å². The van der Waals surface area contributed by atoms with Crippen LogP contribution in [0.5, 0.6) is 0 Å². The Morgan fingerprint density at radius 2 is 1.92 bits per heavy atom. The molecule has 1 aliphatic heterocycles. The summed E-state index contributed by atoms with van der Waals surface area (Å²) < 4.78 is 0. The van der Waals surface area contributed by atoms with Crippen molar-refractivity contribution in [2.75, 3.05) is 33.2 Å². The summed E-state index contributed by atoms with van der Waals surface area (Å²) in [4.78, 5) is 4.66. The third kappa shape index (κ3) is 5.17.